The second kappa shape index (κ2) is 7.94. The Labute approximate surface area is 160 Å². The Bertz CT molecular complexity index is 714. The first kappa shape index (κ1) is 20.7. The molecule has 0 aliphatic carbocycles. The molecule has 0 bridgehead atoms. The zero-order chi connectivity index (χ0) is 20.4. The number of carboxylic acid groups (broad SMARTS) is 1. The molecule has 150 valence electrons. The van der Waals surface area contributed by atoms with Gasteiger partial charge < -0.3 is 25.8 Å². The van der Waals surface area contributed by atoms with Gasteiger partial charge in [-0.3, -0.25) is 9.69 Å². The molecule has 1 aromatic rings. The van der Waals surface area contributed by atoms with Crippen molar-refractivity contribution in [3.05, 3.63) is 17.7 Å². The second-order valence-electron chi connectivity index (χ2n) is 7.76. The van der Waals surface area contributed by atoms with E-state index in [1.807, 2.05) is 20.8 Å². The smallest absolute Gasteiger partial charge is 0.408 e. The van der Waals surface area contributed by atoms with E-state index in [2.05, 4.69) is 5.32 Å². The Hall–Kier alpha value is -2.64. The van der Waals surface area contributed by atoms with Crippen molar-refractivity contribution in [3.8, 4) is 5.75 Å². The van der Waals surface area contributed by atoms with Gasteiger partial charge in [0.15, 0.2) is 0 Å². The lowest BCUT2D eigenvalue weighted by molar-refractivity contribution is 0.0315. The third-order valence-corrected chi connectivity index (χ3v) is 4.83. The van der Waals surface area contributed by atoms with Crippen LogP contribution in [0.4, 0.5) is 16.2 Å². The molecule has 1 atom stereocenters. The molecule has 8 nitrogen and oxygen atoms in total. The number of nitrogen functional groups attached to an aromatic ring is 1. The minimum Gasteiger partial charge on any atom is -0.494 e. The average Bonchev–Trinajstić information content (AvgIpc) is 2.59. The Balaban J connectivity index is 2.27. The molecule has 0 saturated carbocycles. The molecule has 0 radical (unpaired) electrons. The fourth-order valence-corrected chi connectivity index (χ4v) is 3.71. The highest BCUT2D eigenvalue weighted by Gasteiger charge is 2.37. The molecule has 1 heterocycles. The largest absolute Gasteiger partial charge is 0.494 e. The van der Waals surface area contributed by atoms with Crippen molar-refractivity contribution in [3.63, 3.8) is 0 Å². The van der Waals surface area contributed by atoms with Gasteiger partial charge in [0.05, 0.1) is 24.5 Å². The number of ether oxygens (including phenoxy) is 1. The van der Waals surface area contributed by atoms with E-state index in [1.165, 1.54) is 12.0 Å². The molecule has 1 aliphatic rings. The summed E-state index contributed by atoms with van der Waals surface area (Å²) in [5.41, 5.74) is 7.00. The Morgan fingerprint density at radius 2 is 2.04 bits per heavy atom. The maximum atomic E-state index is 13.0. The van der Waals surface area contributed by atoms with Gasteiger partial charge in [-0.05, 0) is 45.7 Å². The van der Waals surface area contributed by atoms with Gasteiger partial charge in [0.25, 0.3) is 5.91 Å². The van der Waals surface area contributed by atoms with Crippen molar-refractivity contribution in [2.45, 2.75) is 45.2 Å². The van der Waals surface area contributed by atoms with Crippen molar-refractivity contribution in [2.24, 2.45) is 0 Å². The number of anilines is 2. The fourth-order valence-electron chi connectivity index (χ4n) is 3.71. The number of nitrogens with two attached hydrogens (primary N) is 1. The summed E-state index contributed by atoms with van der Waals surface area (Å²) in [5.74, 6) is 0.322. The van der Waals surface area contributed by atoms with Gasteiger partial charge in [-0.2, -0.15) is 0 Å². The molecule has 0 spiro atoms. The lowest BCUT2D eigenvalue weighted by atomic mass is 9.97. The highest BCUT2D eigenvalue weighted by Crippen LogP contribution is 2.33. The third kappa shape index (κ3) is 4.37. The topological polar surface area (TPSA) is 108 Å². The highest BCUT2D eigenvalue weighted by molar-refractivity contribution is 5.97. The van der Waals surface area contributed by atoms with Crippen LogP contribution in [0.25, 0.3) is 0 Å². The van der Waals surface area contributed by atoms with Crippen molar-refractivity contribution < 1.29 is 19.4 Å². The fraction of sp³-hybridized carbons (Fsp3) is 0.579. The molecule has 1 fully saturated rings. The van der Waals surface area contributed by atoms with E-state index in [0.717, 1.165) is 12.8 Å². The van der Waals surface area contributed by atoms with Crippen molar-refractivity contribution in [1.82, 2.24) is 9.80 Å². The molecule has 2 amide bonds. The summed E-state index contributed by atoms with van der Waals surface area (Å²) in [7, 11) is 3.26. The van der Waals surface area contributed by atoms with Crippen molar-refractivity contribution in [1.29, 1.82) is 0 Å². The van der Waals surface area contributed by atoms with Crippen LogP contribution in [0.3, 0.4) is 0 Å². The first-order chi connectivity index (χ1) is 12.6. The quantitative estimate of drug-likeness (QED) is 0.695. The maximum absolute atomic E-state index is 13.0. The minimum absolute atomic E-state index is 0.174. The van der Waals surface area contributed by atoms with Crippen molar-refractivity contribution in [2.75, 3.05) is 38.3 Å². The number of benzene rings is 1. The SMILES string of the molecule is CNc1c(N)cc(C(=O)N2CCCC(N(C(=O)O)C(C)(C)C)C2)cc1OC. The number of hydrogen-bond donors (Lipinski definition) is 3. The molecular weight excluding hydrogens is 348 g/mol. The molecular formula is C19H30N4O4. The molecule has 1 saturated heterocycles. The van der Waals surface area contributed by atoms with Crippen LogP contribution in [-0.4, -0.2) is 65.7 Å². The van der Waals surface area contributed by atoms with E-state index in [9.17, 15) is 14.7 Å². The second-order valence-corrected chi connectivity index (χ2v) is 7.76. The van der Waals surface area contributed by atoms with Crippen LogP contribution in [-0.2, 0) is 0 Å². The van der Waals surface area contributed by atoms with Gasteiger partial charge in [0.2, 0.25) is 0 Å². The zero-order valence-corrected chi connectivity index (χ0v) is 16.7. The van der Waals surface area contributed by atoms with E-state index in [0.29, 0.717) is 35.8 Å². The van der Waals surface area contributed by atoms with Gasteiger partial charge in [-0.1, -0.05) is 0 Å². The van der Waals surface area contributed by atoms with Gasteiger partial charge >= 0.3 is 6.09 Å². The number of piperidine rings is 1. The zero-order valence-electron chi connectivity index (χ0n) is 16.7. The van der Waals surface area contributed by atoms with Gasteiger partial charge in [-0.15, -0.1) is 0 Å². The van der Waals surface area contributed by atoms with Gasteiger partial charge in [-0.25, -0.2) is 4.79 Å². The number of hydrogen-bond acceptors (Lipinski definition) is 5. The summed E-state index contributed by atoms with van der Waals surface area (Å²) in [4.78, 5) is 28.0. The number of nitrogens with one attached hydrogen (secondary N) is 1. The number of amides is 2. The first-order valence-corrected chi connectivity index (χ1v) is 9.07. The number of carbonyl (C=O) groups is 2. The van der Waals surface area contributed by atoms with E-state index in [-0.39, 0.29) is 11.9 Å². The lowest BCUT2D eigenvalue weighted by Gasteiger charge is -2.44. The van der Waals surface area contributed by atoms with Gasteiger partial charge in [0, 0.05) is 31.2 Å². The standard InChI is InChI=1S/C19H30N4O4/c1-19(2,3)23(18(25)26)13-7-6-8-22(11-13)17(24)12-9-14(20)16(21-4)15(10-12)27-5/h9-10,13,21H,6-8,11,20H2,1-5H3,(H,25,26). The summed E-state index contributed by atoms with van der Waals surface area (Å²) >= 11 is 0. The van der Waals surface area contributed by atoms with Crippen LogP contribution in [0.15, 0.2) is 12.1 Å². The number of methoxy groups -OCH3 is 1. The highest BCUT2D eigenvalue weighted by atomic mass is 16.5. The van der Waals surface area contributed by atoms with Crippen LogP contribution in [0.5, 0.6) is 5.75 Å². The lowest BCUT2D eigenvalue weighted by Crippen LogP contribution is -2.57. The van der Waals surface area contributed by atoms with E-state index < -0.39 is 11.6 Å². The molecule has 2 rings (SSSR count). The van der Waals surface area contributed by atoms with Crippen molar-refractivity contribution >= 4 is 23.4 Å². The van der Waals surface area contributed by atoms with Crippen LogP contribution in [0.1, 0.15) is 44.0 Å². The molecule has 27 heavy (non-hydrogen) atoms. The summed E-state index contributed by atoms with van der Waals surface area (Å²) in [5, 5.41) is 12.6. The Kier molecular flexibility index (Phi) is 6.08. The molecule has 1 unspecified atom stereocenters. The van der Waals surface area contributed by atoms with E-state index in [1.54, 1.807) is 24.1 Å². The maximum Gasteiger partial charge on any atom is 0.408 e. The summed E-state index contributed by atoms with van der Waals surface area (Å²) in [6, 6.07) is 3.04. The molecule has 0 aromatic heterocycles. The predicted octanol–water partition coefficient (Wildman–Crippen LogP) is 2.70. The monoisotopic (exact) mass is 378 g/mol. The first-order valence-electron chi connectivity index (χ1n) is 9.07. The number of likely N-dealkylation sites (tertiary alicyclic amines) is 1. The Morgan fingerprint density at radius 1 is 1.37 bits per heavy atom. The number of rotatable bonds is 4. The van der Waals surface area contributed by atoms with Crippen LogP contribution < -0.4 is 15.8 Å². The number of nitrogens with zero attached hydrogens (tertiary/aromatic N) is 2. The van der Waals surface area contributed by atoms with E-state index >= 15 is 0 Å². The average molecular weight is 378 g/mol. The predicted molar refractivity (Wildman–Crippen MR) is 105 cm³/mol. The van der Waals surface area contributed by atoms with Crippen LogP contribution in [0, 0.1) is 0 Å². The molecule has 4 N–H and O–H groups in total. The minimum atomic E-state index is -0.967. The van der Waals surface area contributed by atoms with E-state index in [4.69, 9.17) is 10.5 Å². The summed E-state index contributed by atoms with van der Waals surface area (Å²) < 4.78 is 5.33. The third-order valence-electron chi connectivity index (χ3n) is 4.83. The molecule has 1 aromatic carbocycles. The number of carbonyl (C=O) groups excluding carboxylic acids is 1. The molecule has 1 aliphatic heterocycles. The normalized spacial score (nSPS) is 17.4. The summed E-state index contributed by atoms with van der Waals surface area (Å²) in [6.45, 7) is 6.54. The Morgan fingerprint density at radius 3 is 2.56 bits per heavy atom. The summed E-state index contributed by atoms with van der Waals surface area (Å²) in [6.07, 6.45) is 0.515. The van der Waals surface area contributed by atoms with Gasteiger partial charge in [0.1, 0.15) is 5.75 Å². The van der Waals surface area contributed by atoms with Crippen LogP contribution in [0.2, 0.25) is 0 Å². The molecule has 8 heteroatoms. The van der Waals surface area contributed by atoms with Crippen LogP contribution >= 0.6 is 0 Å².